The van der Waals surface area contributed by atoms with Gasteiger partial charge in [-0.1, -0.05) is 231 Å². The Labute approximate surface area is 431 Å². The van der Waals surface area contributed by atoms with E-state index in [-0.39, 0.29) is 25.9 Å². The molecule has 12 heteroatoms. The first-order valence-electron chi connectivity index (χ1n) is 29.0. The fraction of sp³-hybridized carbons (Fsp3) is 0.831. The summed E-state index contributed by atoms with van der Waals surface area (Å²) in [4.78, 5) is 50.9. The molecule has 1 aliphatic rings. The highest BCUT2D eigenvalue weighted by Crippen LogP contribution is 2.26. The third-order valence-electron chi connectivity index (χ3n) is 13.2. The molecule has 1 rings (SSSR count). The Balaban J connectivity index is 2.65. The Hall–Kier alpha value is -3.06. The largest absolute Gasteiger partial charge is 0.479 e. The second-order valence-corrected chi connectivity index (χ2v) is 19.9. The van der Waals surface area contributed by atoms with Crippen molar-refractivity contribution in [1.29, 1.82) is 0 Å². The number of carboxylic acids is 1. The van der Waals surface area contributed by atoms with Crippen LogP contribution in [0.2, 0.25) is 0 Å². The van der Waals surface area contributed by atoms with Crippen molar-refractivity contribution in [3.63, 3.8) is 0 Å². The van der Waals surface area contributed by atoms with Gasteiger partial charge in [-0.3, -0.25) is 14.4 Å². The van der Waals surface area contributed by atoms with Crippen LogP contribution in [0.4, 0.5) is 0 Å². The number of unbranched alkanes of at least 4 members (excludes halogenated alkanes) is 29. The van der Waals surface area contributed by atoms with Gasteiger partial charge < -0.3 is 39.0 Å². The number of esters is 3. The number of carboxylic acid groups (broad SMARTS) is 1. The van der Waals surface area contributed by atoms with E-state index in [2.05, 4.69) is 57.2 Å². The topological polar surface area (TPSA) is 175 Å². The highest BCUT2D eigenvalue weighted by molar-refractivity contribution is 5.74. The maximum Gasteiger partial charge on any atom is 0.335 e. The number of hydrogen-bond acceptors (Lipinski definition) is 11. The molecule has 1 saturated heterocycles. The fourth-order valence-corrected chi connectivity index (χ4v) is 8.80. The van der Waals surface area contributed by atoms with Crippen LogP contribution in [-0.2, 0) is 42.9 Å². The predicted molar refractivity (Wildman–Crippen MR) is 285 cm³/mol. The van der Waals surface area contributed by atoms with Crippen LogP contribution in [0.25, 0.3) is 0 Å². The fourth-order valence-electron chi connectivity index (χ4n) is 8.80. The monoisotopic (exact) mass is 1000 g/mol. The lowest BCUT2D eigenvalue weighted by atomic mass is 9.98. The summed E-state index contributed by atoms with van der Waals surface area (Å²) in [7, 11) is 0. The van der Waals surface area contributed by atoms with Crippen molar-refractivity contribution in [3.05, 3.63) is 36.5 Å². The lowest BCUT2D eigenvalue weighted by Gasteiger charge is -2.40. The van der Waals surface area contributed by atoms with Crippen molar-refractivity contribution in [2.24, 2.45) is 0 Å². The van der Waals surface area contributed by atoms with Crippen molar-refractivity contribution < 1.29 is 58.2 Å². The molecular weight excluding hydrogens is 901 g/mol. The zero-order valence-corrected chi connectivity index (χ0v) is 45.2. The highest BCUT2D eigenvalue weighted by Gasteiger charge is 2.50. The molecule has 0 aromatic carbocycles. The molecule has 12 nitrogen and oxygen atoms in total. The minimum atomic E-state index is -1.90. The Morgan fingerprint density at radius 1 is 0.479 bits per heavy atom. The van der Waals surface area contributed by atoms with Crippen LogP contribution in [0.1, 0.15) is 265 Å². The summed E-state index contributed by atoms with van der Waals surface area (Å²) < 4.78 is 28.4. The molecule has 6 atom stereocenters. The van der Waals surface area contributed by atoms with Crippen molar-refractivity contribution in [3.8, 4) is 0 Å². The summed E-state index contributed by atoms with van der Waals surface area (Å²) in [6.07, 6.45) is 42.7. The quantitative estimate of drug-likeness (QED) is 0.0228. The van der Waals surface area contributed by atoms with Crippen LogP contribution in [0.3, 0.4) is 0 Å². The van der Waals surface area contributed by atoms with Gasteiger partial charge >= 0.3 is 23.9 Å². The van der Waals surface area contributed by atoms with E-state index in [0.29, 0.717) is 19.3 Å². The second kappa shape index (κ2) is 47.9. The molecule has 1 fully saturated rings. The molecule has 1 aliphatic heterocycles. The average molecular weight is 1010 g/mol. The molecule has 0 radical (unpaired) electrons. The van der Waals surface area contributed by atoms with Crippen LogP contribution in [0.5, 0.6) is 0 Å². The number of rotatable bonds is 49. The van der Waals surface area contributed by atoms with Gasteiger partial charge in [-0.05, 0) is 51.4 Å². The van der Waals surface area contributed by atoms with Crippen molar-refractivity contribution in [2.75, 3.05) is 13.2 Å². The molecule has 0 bridgehead atoms. The minimum absolute atomic E-state index is 0.0525. The summed E-state index contributed by atoms with van der Waals surface area (Å²) in [6.45, 7) is 5.87. The predicted octanol–water partition coefficient (Wildman–Crippen LogP) is 14.5. The first kappa shape index (κ1) is 66.0. The molecule has 0 spiro atoms. The molecule has 0 amide bonds. The summed E-state index contributed by atoms with van der Waals surface area (Å²) >= 11 is 0. The minimum Gasteiger partial charge on any atom is -0.479 e. The van der Waals surface area contributed by atoms with Gasteiger partial charge in [0.15, 0.2) is 24.6 Å². The van der Waals surface area contributed by atoms with Crippen molar-refractivity contribution >= 4 is 23.9 Å². The molecular formula is C59H104O12. The number of ether oxygens (including phenoxy) is 5. The molecule has 71 heavy (non-hydrogen) atoms. The van der Waals surface area contributed by atoms with E-state index in [1.165, 1.54) is 103 Å². The number of aliphatic hydroxyl groups excluding tert-OH is 2. The Kier molecular flexibility index (Phi) is 44.5. The number of aliphatic carboxylic acids is 1. The zero-order valence-electron chi connectivity index (χ0n) is 45.2. The first-order chi connectivity index (χ1) is 34.6. The van der Waals surface area contributed by atoms with Crippen LogP contribution >= 0.6 is 0 Å². The summed E-state index contributed by atoms with van der Waals surface area (Å²) in [6, 6.07) is 0. The van der Waals surface area contributed by atoms with E-state index >= 15 is 0 Å². The molecule has 3 N–H and O–H groups in total. The summed E-state index contributed by atoms with van der Waals surface area (Å²) in [5.41, 5.74) is 0. The van der Waals surface area contributed by atoms with Crippen molar-refractivity contribution in [2.45, 2.75) is 302 Å². The van der Waals surface area contributed by atoms with Gasteiger partial charge in [-0.2, -0.15) is 0 Å². The third-order valence-corrected chi connectivity index (χ3v) is 13.2. The number of carbonyl (C=O) groups is 4. The molecule has 0 aromatic heterocycles. The molecule has 0 aliphatic carbocycles. The highest BCUT2D eigenvalue weighted by atomic mass is 16.7. The van der Waals surface area contributed by atoms with E-state index in [1.54, 1.807) is 0 Å². The normalized spacial score (nSPS) is 18.7. The molecule has 0 aromatic rings. The standard InChI is InChI=1S/C59H104O12/c1-4-7-10-13-16-19-21-23-25-26-28-30-32-35-38-41-44-47-53(62)70-57-55(64)54(63)56(58(65)66)71-59(57)68-49-50(69-52(61)46-43-40-37-33-18-15-12-9-6-3)48-67-51(60)45-42-39-36-34-31-29-27-24-22-20-17-14-11-8-5-2/h7,10,16,19,23,25,50,54-57,59,63-64H,4-6,8-9,11-15,17-18,20-22,24,26-49H2,1-3H3,(H,65,66)/b10-7-,19-16-,25-23-. The number of hydrogen-bond donors (Lipinski definition) is 3. The Bertz CT molecular complexity index is 1380. The van der Waals surface area contributed by atoms with E-state index < -0.39 is 67.3 Å². The van der Waals surface area contributed by atoms with Crippen LogP contribution < -0.4 is 0 Å². The number of allylic oxidation sites excluding steroid dienone is 6. The third kappa shape index (κ3) is 38.2. The van der Waals surface area contributed by atoms with Crippen molar-refractivity contribution in [1.82, 2.24) is 0 Å². The number of aliphatic hydroxyl groups is 2. The van der Waals surface area contributed by atoms with Gasteiger partial charge in [0.1, 0.15) is 18.8 Å². The average Bonchev–Trinajstić information content (AvgIpc) is 3.35. The van der Waals surface area contributed by atoms with E-state index in [9.17, 15) is 34.5 Å². The van der Waals surface area contributed by atoms with Gasteiger partial charge in [0.25, 0.3) is 0 Å². The second-order valence-electron chi connectivity index (χ2n) is 19.9. The SMILES string of the molecule is CC/C=C\C/C=C\C/C=C\CCCCCCCCCC(=O)OC1C(OCC(COC(=O)CCCCCCCCCCCCCCCCC)OC(=O)CCCCCCCCCCC)OC(C(=O)O)C(O)C1O. The Morgan fingerprint density at radius 2 is 0.887 bits per heavy atom. The first-order valence-corrected chi connectivity index (χ1v) is 29.0. The van der Waals surface area contributed by atoms with E-state index in [4.69, 9.17) is 23.7 Å². The maximum atomic E-state index is 13.1. The Morgan fingerprint density at radius 3 is 1.35 bits per heavy atom. The molecule has 0 saturated carbocycles. The van der Waals surface area contributed by atoms with Gasteiger partial charge in [-0.15, -0.1) is 0 Å². The molecule has 6 unspecified atom stereocenters. The van der Waals surface area contributed by atoms with E-state index in [0.717, 1.165) is 103 Å². The van der Waals surface area contributed by atoms with Gasteiger partial charge in [-0.25, -0.2) is 4.79 Å². The lowest BCUT2D eigenvalue weighted by molar-refractivity contribution is -0.301. The zero-order chi connectivity index (χ0) is 51.8. The van der Waals surface area contributed by atoms with Crippen LogP contribution in [-0.4, -0.2) is 89.2 Å². The smallest absolute Gasteiger partial charge is 0.335 e. The summed E-state index contributed by atoms with van der Waals surface area (Å²) in [5.74, 6) is -3.11. The molecule has 412 valence electrons. The lowest BCUT2D eigenvalue weighted by Crippen LogP contribution is -2.61. The van der Waals surface area contributed by atoms with Gasteiger partial charge in [0.05, 0.1) is 6.61 Å². The van der Waals surface area contributed by atoms with E-state index in [1.807, 2.05) is 0 Å². The number of carbonyl (C=O) groups excluding carboxylic acids is 3. The summed E-state index contributed by atoms with van der Waals surface area (Å²) in [5, 5.41) is 31.4. The van der Waals surface area contributed by atoms with Gasteiger partial charge in [0.2, 0.25) is 0 Å². The maximum absolute atomic E-state index is 13.1. The van der Waals surface area contributed by atoms with Crippen LogP contribution in [0.15, 0.2) is 36.5 Å². The van der Waals surface area contributed by atoms with Crippen LogP contribution in [0, 0.1) is 0 Å². The van der Waals surface area contributed by atoms with Gasteiger partial charge in [0, 0.05) is 19.3 Å². The molecule has 1 heterocycles.